The van der Waals surface area contributed by atoms with Gasteiger partial charge in [0.2, 0.25) is 0 Å². The van der Waals surface area contributed by atoms with Gasteiger partial charge in [0.25, 0.3) is 0 Å². The lowest BCUT2D eigenvalue weighted by molar-refractivity contribution is 0.0697. The minimum Gasteiger partial charge on any atom is -0.478 e. The Morgan fingerprint density at radius 3 is 1.43 bits per heavy atom. The maximum Gasteiger partial charge on any atom is 0.335 e. The number of hydrogen-bond donors (Lipinski definition) is 1. The molecule has 4 heteroatoms. The van der Waals surface area contributed by atoms with E-state index in [9.17, 15) is 9.36 Å². The van der Waals surface area contributed by atoms with E-state index in [1.807, 2.05) is 60.7 Å². The summed E-state index contributed by atoms with van der Waals surface area (Å²) < 4.78 is 14.0. The van der Waals surface area contributed by atoms with Gasteiger partial charge >= 0.3 is 5.97 Å². The molecular weight excluding hydrogens is 307 g/mol. The molecule has 0 fully saturated rings. The van der Waals surface area contributed by atoms with Crippen LogP contribution >= 0.6 is 7.14 Å². The van der Waals surface area contributed by atoms with Crippen LogP contribution in [-0.4, -0.2) is 11.1 Å². The van der Waals surface area contributed by atoms with Gasteiger partial charge in [-0.2, -0.15) is 0 Å². The number of carboxylic acids is 1. The van der Waals surface area contributed by atoms with E-state index in [-0.39, 0.29) is 5.56 Å². The first kappa shape index (κ1) is 15.3. The summed E-state index contributed by atoms with van der Waals surface area (Å²) in [7, 11) is -3.02. The molecule has 114 valence electrons. The third kappa shape index (κ3) is 2.84. The standard InChI is InChI=1S/C19H15O3P/c20-19(21)15-11-13-18(14-12-15)23(22,16-7-3-1-4-8-16)17-9-5-2-6-10-17/h1-14H,(H,20,21). The molecule has 23 heavy (non-hydrogen) atoms. The average molecular weight is 322 g/mol. The number of carbonyl (C=O) groups is 1. The zero-order valence-electron chi connectivity index (χ0n) is 12.3. The highest BCUT2D eigenvalue weighted by Gasteiger charge is 2.29. The highest BCUT2D eigenvalue weighted by Crippen LogP contribution is 2.42. The molecular formula is C19H15O3P. The van der Waals surface area contributed by atoms with Gasteiger partial charge in [0.1, 0.15) is 0 Å². The second-order valence-corrected chi connectivity index (χ2v) is 7.90. The van der Waals surface area contributed by atoms with Crippen LogP contribution in [0.5, 0.6) is 0 Å². The third-order valence-electron chi connectivity index (χ3n) is 3.72. The van der Waals surface area contributed by atoms with Crippen LogP contribution < -0.4 is 15.9 Å². The van der Waals surface area contributed by atoms with Crippen molar-refractivity contribution in [2.45, 2.75) is 0 Å². The summed E-state index contributed by atoms with van der Waals surface area (Å²) in [5.74, 6) is -0.995. The van der Waals surface area contributed by atoms with Gasteiger partial charge in [-0.3, -0.25) is 0 Å². The van der Waals surface area contributed by atoms with E-state index in [0.29, 0.717) is 5.30 Å². The van der Waals surface area contributed by atoms with Gasteiger partial charge in [-0.05, 0) is 12.1 Å². The fourth-order valence-electron chi connectivity index (χ4n) is 2.54. The molecule has 0 aliphatic carbocycles. The minimum absolute atomic E-state index is 0.182. The van der Waals surface area contributed by atoms with Gasteiger partial charge < -0.3 is 9.67 Å². The Morgan fingerprint density at radius 2 is 1.04 bits per heavy atom. The van der Waals surface area contributed by atoms with Crippen LogP contribution in [0.2, 0.25) is 0 Å². The van der Waals surface area contributed by atoms with Crippen molar-refractivity contribution >= 4 is 29.0 Å². The summed E-state index contributed by atoms with van der Waals surface area (Å²) in [4.78, 5) is 11.0. The van der Waals surface area contributed by atoms with Gasteiger partial charge in [0, 0.05) is 15.9 Å². The molecule has 0 aliphatic rings. The lowest BCUT2D eigenvalue weighted by Gasteiger charge is -2.20. The molecule has 0 saturated heterocycles. The Hall–Kier alpha value is -2.64. The second kappa shape index (κ2) is 6.23. The predicted octanol–water partition coefficient (Wildman–Crippen LogP) is 3.02. The average Bonchev–Trinajstić information content (AvgIpc) is 2.62. The van der Waals surface area contributed by atoms with Crippen LogP contribution in [-0.2, 0) is 4.57 Å². The molecule has 0 aromatic heterocycles. The molecule has 0 bridgehead atoms. The summed E-state index contributed by atoms with van der Waals surface area (Å²) in [5.41, 5.74) is 0.182. The lowest BCUT2D eigenvalue weighted by Crippen LogP contribution is -2.25. The van der Waals surface area contributed by atoms with E-state index in [1.54, 1.807) is 12.1 Å². The molecule has 0 atom stereocenters. The molecule has 0 aliphatic heterocycles. The highest BCUT2D eigenvalue weighted by atomic mass is 31.2. The van der Waals surface area contributed by atoms with E-state index in [4.69, 9.17) is 5.11 Å². The number of aromatic carboxylic acids is 1. The fraction of sp³-hybridized carbons (Fsp3) is 0. The van der Waals surface area contributed by atoms with Crippen molar-refractivity contribution in [3.05, 3.63) is 90.5 Å². The van der Waals surface area contributed by atoms with Gasteiger partial charge in [-0.25, -0.2) is 4.79 Å². The lowest BCUT2D eigenvalue weighted by atomic mass is 10.2. The molecule has 3 aromatic carbocycles. The van der Waals surface area contributed by atoms with Crippen LogP contribution in [0.3, 0.4) is 0 Å². The molecule has 0 spiro atoms. The first-order valence-electron chi connectivity index (χ1n) is 7.17. The summed E-state index contributed by atoms with van der Waals surface area (Å²) in [6.07, 6.45) is 0. The smallest absolute Gasteiger partial charge is 0.335 e. The zero-order chi connectivity index (χ0) is 16.3. The Bertz CT molecular complexity index is 813. The SMILES string of the molecule is O=C(O)c1ccc(P(=O)(c2ccccc2)c2ccccc2)cc1. The van der Waals surface area contributed by atoms with Gasteiger partial charge in [0.05, 0.1) is 5.56 Å². The number of carboxylic acid groups (broad SMARTS) is 1. The molecule has 0 amide bonds. The van der Waals surface area contributed by atoms with Crippen LogP contribution in [0.25, 0.3) is 0 Å². The minimum atomic E-state index is -3.02. The van der Waals surface area contributed by atoms with Crippen molar-refractivity contribution in [1.29, 1.82) is 0 Å². The van der Waals surface area contributed by atoms with E-state index in [2.05, 4.69) is 0 Å². The molecule has 0 unspecified atom stereocenters. The normalized spacial score (nSPS) is 11.1. The molecule has 0 heterocycles. The molecule has 1 N–H and O–H groups in total. The van der Waals surface area contributed by atoms with Crippen LogP contribution in [0.1, 0.15) is 10.4 Å². The first-order chi connectivity index (χ1) is 11.1. The quantitative estimate of drug-likeness (QED) is 0.751. The van der Waals surface area contributed by atoms with E-state index >= 15 is 0 Å². The second-order valence-electron chi connectivity index (χ2n) is 5.13. The zero-order valence-corrected chi connectivity index (χ0v) is 13.2. The highest BCUT2D eigenvalue weighted by molar-refractivity contribution is 7.85. The van der Waals surface area contributed by atoms with Crippen molar-refractivity contribution in [3.63, 3.8) is 0 Å². The number of hydrogen-bond acceptors (Lipinski definition) is 2. The van der Waals surface area contributed by atoms with Crippen LogP contribution in [0.15, 0.2) is 84.9 Å². The van der Waals surface area contributed by atoms with E-state index in [0.717, 1.165) is 10.6 Å². The van der Waals surface area contributed by atoms with Crippen molar-refractivity contribution in [2.24, 2.45) is 0 Å². The summed E-state index contributed by atoms with van der Waals surface area (Å²) >= 11 is 0. The Balaban J connectivity index is 2.21. The maximum absolute atomic E-state index is 14.0. The number of rotatable bonds is 4. The molecule has 3 aromatic rings. The molecule has 3 rings (SSSR count). The van der Waals surface area contributed by atoms with Crippen molar-refractivity contribution in [1.82, 2.24) is 0 Å². The third-order valence-corrected chi connectivity index (χ3v) is 6.79. The maximum atomic E-state index is 14.0. The van der Waals surface area contributed by atoms with Crippen LogP contribution in [0, 0.1) is 0 Å². The number of benzene rings is 3. The summed E-state index contributed by atoms with van der Waals surface area (Å²) in [5, 5.41) is 11.1. The molecule has 3 nitrogen and oxygen atoms in total. The van der Waals surface area contributed by atoms with E-state index < -0.39 is 13.1 Å². The Morgan fingerprint density at radius 1 is 0.652 bits per heavy atom. The van der Waals surface area contributed by atoms with Crippen molar-refractivity contribution in [2.75, 3.05) is 0 Å². The predicted molar refractivity (Wildman–Crippen MR) is 92.8 cm³/mol. The largest absolute Gasteiger partial charge is 0.478 e. The van der Waals surface area contributed by atoms with Gasteiger partial charge in [-0.15, -0.1) is 0 Å². The summed E-state index contributed by atoms with van der Waals surface area (Å²) in [6, 6.07) is 24.9. The summed E-state index contributed by atoms with van der Waals surface area (Å²) in [6.45, 7) is 0. The van der Waals surface area contributed by atoms with E-state index in [1.165, 1.54) is 12.1 Å². The topological polar surface area (TPSA) is 54.4 Å². The monoisotopic (exact) mass is 322 g/mol. The van der Waals surface area contributed by atoms with Gasteiger partial charge in [0.15, 0.2) is 7.14 Å². The molecule has 0 radical (unpaired) electrons. The fourth-order valence-corrected chi connectivity index (χ4v) is 5.18. The first-order valence-corrected chi connectivity index (χ1v) is 8.88. The van der Waals surface area contributed by atoms with Crippen LogP contribution in [0.4, 0.5) is 0 Å². The van der Waals surface area contributed by atoms with Crippen molar-refractivity contribution < 1.29 is 14.5 Å². The van der Waals surface area contributed by atoms with Crippen molar-refractivity contribution in [3.8, 4) is 0 Å². The molecule has 0 saturated carbocycles. The van der Waals surface area contributed by atoms with Gasteiger partial charge in [-0.1, -0.05) is 72.8 Å². The Kier molecular flexibility index (Phi) is 4.14. The Labute approximate surface area is 134 Å².